The van der Waals surface area contributed by atoms with E-state index in [2.05, 4.69) is 40.0 Å². The van der Waals surface area contributed by atoms with Gasteiger partial charge in [0.05, 0.1) is 23.0 Å². The minimum atomic E-state index is -0.399. The fourth-order valence-electron chi connectivity index (χ4n) is 3.41. The molecule has 32 heavy (non-hydrogen) atoms. The van der Waals surface area contributed by atoms with Crippen LogP contribution in [0.3, 0.4) is 0 Å². The smallest absolute Gasteiger partial charge is 0.294 e. The molecular formula is C25H18BrNO4S. The number of fused-ring (bicyclic) bond motifs is 1. The Labute approximate surface area is 198 Å². The second kappa shape index (κ2) is 9.51. The number of carbonyl (C=O) groups is 2. The number of halogens is 1. The molecule has 0 N–H and O–H groups in total. The van der Waals surface area contributed by atoms with E-state index in [9.17, 15) is 9.59 Å². The molecule has 2 amide bonds. The molecule has 7 heteroatoms. The number of hydrogen-bond donors (Lipinski definition) is 0. The number of amides is 2. The zero-order valence-electron chi connectivity index (χ0n) is 17.1. The van der Waals surface area contributed by atoms with Crippen LogP contribution in [-0.4, -0.2) is 29.7 Å². The Morgan fingerprint density at radius 3 is 2.72 bits per heavy atom. The Morgan fingerprint density at radius 2 is 1.94 bits per heavy atom. The number of ether oxygens (including phenoxy) is 2. The summed E-state index contributed by atoms with van der Waals surface area (Å²) in [7, 11) is 1.55. The summed E-state index contributed by atoms with van der Waals surface area (Å²) < 4.78 is 12.3. The Balaban J connectivity index is 1.60. The molecule has 0 bridgehead atoms. The molecule has 0 spiro atoms. The molecule has 3 aromatic carbocycles. The van der Waals surface area contributed by atoms with E-state index in [1.807, 2.05) is 30.3 Å². The molecule has 0 aromatic heterocycles. The van der Waals surface area contributed by atoms with E-state index < -0.39 is 5.91 Å². The highest BCUT2D eigenvalue weighted by Crippen LogP contribution is 2.39. The lowest BCUT2D eigenvalue weighted by molar-refractivity contribution is -0.122. The minimum Gasteiger partial charge on any atom is -0.493 e. The van der Waals surface area contributed by atoms with Crippen LogP contribution in [0, 0.1) is 12.3 Å². The highest BCUT2D eigenvalue weighted by molar-refractivity contribution is 9.10. The number of terminal acetylenes is 1. The highest BCUT2D eigenvalue weighted by atomic mass is 79.9. The molecule has 3 aromatic rings. The van der Waals surface area contributed by atoms with Crippen LogP contribution in [0.5, 0.6) is 11.5 Å². The van der Waals surface area contributed by atoms with Crippen molar-refractivity contribution in [1.82, 2.24) is 4.90 Å². The van der Waals surface area contributed by atoms with Crippen molar-refractivity contribution in [2.45, 2.75) is 6.61 Å². The van der Waals surface area contributed by atoms with E-state index in [-0.39, 0.29) is 11.8 Å². The van der Waals surface area contributed by atoms with Crippen LogP contribution in [0.25, 0.3) is 16.8 Å². The van der Waals surface area contributed by atoms with Gasteiger partial charge in [0, 0.05) is 0 Å². The van der Waals surface area contributed by atoms with Gasteiger partial charge in [-0.15, -0.1) is 6.42 Å². The van der Waals surface area contributed by atoms with Gasteiger partial charge in [-0.05, 0) is 67.8 Å². The fraction of sp³-hybridized carbons (Fsp3) is 0.120. The van der Waals surface area contributed by atoms with Crippen molar-refractivity contribution in [1.29, 1.82) is 0 Å². The first-order valence-electron chi connectivity index (χ1n) is 9.67. The molecular weight excluding hydrogens is 490 g/mol. The number of imide groups is 1. The zero-order valence-corrected chi connectivity index (χ0v) is 19.5. The summed E-state index contributed by atoms with van der Waals surface area (Å²) in [5.41, 5.74) is 1.75. The summed E-state index contributed by atoms with van der Waals surface area (Å²) >= 11 is 4.41. The number of thioether (sulfide) groups is 1. The van der Waals surface area contributed by atoms with Gasteiger partial charge in [0.1, 0.15) is 6.61 Å². The molecule has 5 nitrogen and oxygen atoms in total. The number of benzene rings is 3. The Hall–Kier alpha value is -3.21. The van der Waals surface area contributed by atoms with Crippen molar-refractivity contribution in [2.24, 2.45) is 0 Å². The van der Waals surface area contributed by atoms with Gasteiger partial charge in [-0.1, -0.05) is 48.4 Å². The summed E-state index contributed by atoms with van der Waals surface area (Å²) in [6, 6.07) is 17.8. The van der Waals surface area contributed by atoms with E-state index >= 15 is 0 Å². The van der Waals surface area contributed by atoms with Gasteiger partial charge in [0.2, 0.25) is 0 Å². The number of carbonyl (C=O) groups excluding carboxylic acids is 2. The predicted octanol–water partition coefficient (Wildman–Crippen LogP) is 5.86. The van der Waals surface area contributed by atoms with E-state index in [0.717, 1.165) is 33.0 Å². The van der Waals surface area contributed by atoms with Gasteiger partial charge >= 0.3 is 0 Å². The Morgan fingerprint density at radius 1 is 1.16 bits per heavy atom. The monoisotopic (exact) mass is 507 g/mol. The Bertz CT molecular complexity index is 1290. The largest absolute Gasteiger partial charge is 0.493 e. The van der Waals surface area contributed by atoms with E-state index in [1.54, 1.807) is 19.3 Å². The van der Waals surface area contributed by atoms with Crippen LogP contribution in [0.2, 0.25) is 0 Å². The first-order chi connectivity index (χ1) is 15.5. The number of rotatable bonds is 6. The third-order valence-corrected chi connectivity index (χ3v) is 6.42. The quantitative estimate of drug-likeness (QED) is 0.309. The third kappa shape index (κ3) is 4.38. The lowest BCUT2D eigenvalue weighted by Crippen LogP contribution is -2.28. The zero-order chi connectivity index (χ0) is 22.7. The molecule has 0 aliphatic carbocycles. The van der Waals surface area contributed by atoms with Crippen LogP contribution in [0.1, 0.15) is 11.1 Å². The van der Waals surface area contributed by atoms with E-state index in [0.29, 0.717) is 33.0 Å². The van der Waals surface area contributed by atoms with Gasteiger partial charge < -0.3 is 9.47 Å². The van der Waals surface area contributed by atoms with E-state index in [4.69, 9.17) is 15.9 Å². The third-order valence-electron chi connectivity index (χ3n) is 4.92. The predicted molar refractivity (Wildman–Crippen MR) is 130 cm³/mol. The first kappa shape index (κ1) is 22.0. The van der Waals surface area contributed by atoms with Crippen LogP contribution in [0.15, 0.2) is 64.0 Å². The number of nitrogens with zero attached hydrogens (tertiary/aromatic N) is 1. The molecule has 0 saturated carbocycles. The molecule has 1 heterocycles. The molecule has 0 atom stereocenters. The van der Waals surface area contributed by atoms with Crippen molar-refractivity contribution in [3.63, 3.8) is 0 Å². The summed E-state index contributed by atoms with van der Waals surface area (Å²) in [6.45, 7) is 0.316. The van der Waals surface area contributed by atoms with Crippen molar-refractivity contribution < 1.29 is 19.1 Å². The highest BCUT2D eigenvalue weighted by Gasteiger charge is 2.34. The summed E-state index contributed by atoms with van der Waals surface area (Å²) in [6.07, 6.45) is 6.89. The van der Waals surface area contributed by atoms with Gasteiger partial charge in [-0.25, -0.2) is 0 Å². The maximum absolute atomic E-state index is 12.4. The molecule has 0 radical (unpaired) electrons. The van der Waals surface area contributed by atoms with Gasteiger partial charge in [-0.2, -0.15) is 0 Å². The van der Waals surface area contributed by atoms with Gasteiger partial charge in [-0.3, -0.25) is 14.5 Å². The molecule has 1 aliphatic heterocycles. The maximum Gasteiger partial charge on any atom is 0.294 e. The topological polar surface area (TPSA) is 55.8 Å². The lowest BCUT2D eigenvalue weighted by Gasteiger charge is -2.15. The maximum atomic E-state index is 12.4. The average Bonchev–Trinajstić information content (AvgIpc) is 3.05. The first-order valence-corrected chi connectivity index (χ1v) is 11.3. The van der Waals surface area contributed by atoms with E-state index in [1.165, 1.54) is 0 Å². The van der Waals surface area contributed by atoms with Crippen molar-refractivity contribution in [3.05, 3.63) is 75.1 Å². The fourth-order valence-corrected chi connectivity index (χ4v) is 4.82. The number of hydrogen-bond acceptors (Lipinski definition) is 5. The van der Waals surface area contributed by atoms with Crippen LogP contribution < -0.4 is 9.47 Å². The normalized spacial score (nSPS) is 14.8. The van der Waals surface area contributed by atoms with Gasteiger partial charge in [0.25, 0.3) is 11.1 Å². The van der Waals surface area contributed by atoms with Gasteiger partial charge in [0.15, 0.2) is 11.5 Å². The van der Waals surface area contributed by atoms with Crippen LogP contribution in [0.4, 0.5) is 4.79 Å². The Kier molecular flexibility index (Phi) is 6.54. The van der Waals surface area contributed by atoms with Crippen LogP contribution >= 0.6 is 27.7 Å². The molecule has 1 aliphatic rings. The second-order valence-electron chi connectivity index (χ2n) is 6.93. The average molecular weight is 508 g/mol. The van der Waals surface area contributed by atoms with Crippen molar-refractivity contribution >= 4 is 55.7 Å². The molecule has 4 rings (SSSR count). The SMILES string of the molecule is C#CCN1C(=O)S/C(=C\c2cc(Br)c(OCc3cccc4ccccc34)c(OC)c2)C1=O. The van der Waals surface area contributed by atoms with Crippen LogP contribution in [-0.2, 0) is 11.4 Å². The minimum absolute atomic E-state index is 0.0457. The second-order valence-corrected chi connectivity index (χ2v) is 8.78. The number of methoxy groups -OCH3 is 1. The summed E-state index contributed by atoms with van der Waals surface area (Å²) in [4.78, 5) is 25.8. The lowest BCUT2D eigenvalue weighted by atomic mass is 10.1. The van der Waals surface area contributed by atoms with Crippen molar-refractivity contribution in [2.75, 3.05) is 13.7 Å². The van der Waals surface area contributed by atoms with Crippen molar-refractivity contribution in [3.8, 4) is 23.8 Å². The molecule has 1 saturated heterocycles. The molecule has 0 unspecified atom stereocenters. The summed E-state index contributed by atoms with van der Waals surface area (Å²) in [5.74, 6) is 2.99. The molecule has 1 fully saturated rings. The summed E-state index contributed by atoms with van der Waals surface area (Å²) in [5, 5.41) is 1.90. The standard InChI is InChI=1S/C25H18BrNO4S/c1-3-11-27-24(28)22(32-25(27)29)14-16-12-20(26)23(21(13-16)30-2)31-15-18-9-6-8-17-7-4-5-10-19(17)18/h1,4-10,12-14H,11,15H2,2H3/b22-14-. The molecule has 160 valence electrons.